The molecule has 106 valence electrons. The molecule has 1 atom stereocenters. The van der Waals surface area contributed by atoms with Crippen molar-refractivity contribution in [3.05, 3.63) is 0 Å². The Balaban J connectivity index is 2.27. The molecule has 1 fully saturated rings. The Morgan fingerprint density at radius 2 is 1.94 bits per heavy atom. The van der Waals surface area contributed by atoms with Crippen molar-refractivity contribution in [3.63, 3.8) is 0 Å². The van der Waals surface area contributed by atoms with Gasteiger partial charge in [-0.1, -0.05) is 13.8 Å². The molecule has 18 heavy (non-hydrogen) atoms. The lowest BCUT2D eigenvalue weighted by molar-refractivity contribution is -0.130. The molecule has 1 aliphatic rings. The van der Waals surface area contributed by atoms with Crippen molar-refractivity contribution in [1.29, 1.82) is 0 Å². The first-order valence-corrected chi connectivity index (χ1v) is 8.08. The van der Waals surface area contributed by atoms with Crippen LogP contribution >= 0.6 is 11.8 Å². The topological polar surface area (TPSA) is 43.8 Å². The molecule has 0 aromatic heterocycles. The van der Waals surface area contributed by atoms with Crippen LogP contribution in [0.15, 0.2) is 0 Å². The summed E-state index contributed by atoms with van der Waals surface area (Å²) in [6, 6.07) is 0.261. The number of carbonyl (C=O) groups is 1. The third kappa shape index (κ3) is 4.78. The van der Waals surface area contributed by atoms with Gasteiger partial charge >= 0.3 is 0 Å². The van der Waals surface area contributed by atoms with Gasteiger partial charge in [0.1, 0.15) is 0 Å². The van der Waals surface area contributed by atoms with Gasteiger partial charge in [0, 0.05) is 32.2 Å². The van der Waals surface area contributed by atoms with Crippen molar-refractivity contribution in [2.45, 2.75) is 32.7 Å². The molecule has 0 aromatic rings. The first-order chi connectivity index (χ1) is 8.72. The van der Waals surface area contributed by atoms with Crippen LogP contribution in [-0.4, -0.2) is 71.1 Å². The predicted octanol–water partition coefficient (Wildman–Crippen LogP) is 1.04. The van der Waals surface area contributed by atoms with Gasteiger partial charge in [0.2, 0.25) is 5.91 Å². The average molecular weight is 274 g/mol. The number of hydrogen-bond acceptors (Lipinski definition) is 4. The van der Waals surface area contributed by atoms with Crippen LogP contribution in [0.1, 0.15) is 26.7 Å². The van der Waals surface area contributed by atoms with Crippen LogP contribution in [0.4, 0.5) is 0 Å². The van der Waals surface area contributed by atoms with Gasteiger partial charge < -0.3 is 10.0 Å². The number of amides is 1. The average Bonchev–Trinajstić information content (AvgIpc) is 2.41. The van der Waals surface area contributed by atoms with Crippen molar-refractivity contribution < 1.29 is 9.90 Å². The van der Waals surface area contributed by atoms with Crippen LogP contribution in [0.25, 0.3) is 0 Å². The Bertz CT molecular complexity index is 239. The zero-order valence-electron chi connectivity index (χ0n) is 11.6. The summed E-state index contributed by atoms with van der Waals surface area (Å²) in [5, 5.41) is 9.27. The van der Waals surface area contributed by atoms with Crippen molar-refractivity contribution in [2.75, 3.05) is 44.3 Å². The second-order valence-corrected chi connectivity index (χ2v) is 5.82. The molecule has 5 heteroatoms. The van der Waals surface area contributed by atoms with Crippen LogP contribution in [0.3, 0.4) is 0 Å². The van der Waals surface area contributed by atoms with Gasteiger partial charge in [0.15, 0.2) is 0 Å². The highest BCUT2D eigenvalue weighted by atomic mass is 32.2. The highest BCUT2D eigenvalue weighted by molar-refractivity contribution is 7.99. The van der Waals surface area contributed by atoms with E-state index in [1.807, 2.05) is 4.90 Å². The van der Waals surface area contributed by atoms with Crippen molar-refractivity contribution in [2.24, 2.45) is 0 Å². The fraction of sp³-hybridized carbons (Fsp3) is 0.923. The molecule has 0 spiro atoms. The van der Waals surface area contributed by atoms with E-state index in [9.17, 15) is 9.90 Å². The molecule has 1 amide bonds. The molecule has 0 aliphatic carbocycles. The minimum Gasteiger partial charge on any atom is -0.395 e. The minimum absolute atomic E-state index is 0.219. The number of carbonyl (C=O) groups excluding carboxylic acids is 1. The van der Waals surface area contributed by atoms with Crippen LogP contribution in [0.2, 0.25) is 0 Å². The summed E-state index contributed by atoms with van der Waals surface area (Å²) in [5.41, 5.74) is 0. The molecule has 1 aliphatic heterocycles. The van der Waals surface area contributed by atoms with E-state index in [1.54, 1.807) is 11.8 Å². The first-order valence-electron chi connectivity index (χ1n) is 6.93. The van der Waals surface area contributed by atoms with Crippen LogP contribution in [-0.2, 0) is 4.79 Å². The summed E-state index contributed by atoms with van der Waals surface area (Å²) in [4.78, 5) is 16.2. The summed E-state index contributed by atoms with van der Waals surface area (Å²) in [6.45, 7) is 7.85. The molecule has 0 bridgehead atoms. The number of thioether (sulfide) groups is 1. The van der Waals surface area contributed by atoms with E-state index in [1.165, 1.54) is 0 Å². The Hall–Kier alpha value is -0.260. The van der Waals surface area contributed by atoms with Gasteiger partial charge in [-0.25, -0.2) is 0 Å². The highest BCUT2D eigenvalue weighted by Gasteiger charge is 2.24. The maximum atomic E-state index is 11.9. The second kappa shape index (κ2) is 8.77. The van der Waals surface area contributed by atoms with Crippen molar-refractivity contribution >= 4 is 17.7 Å². The van der Waals surface area contributed by atoms with Gasteiger partial charge in [-0.2, -0.15) is 11.8 Å². The molecular formula is C13H26N2O2S. The van der Waals surface area contributed by atoms with E-state index in [0.29, 0.717) is 5.75 Å². The summed E-state index contributed by atoms with van der Waals surface area (Å²) >= 11 is 1.73. The maximum absolute atomic E-state index is 11.9. The number of aliphatic hydroxyl groups is 1. The van der Waals surface area contributed by atoms with Crippen LogP contribution < -0.4 is 0 Å². The van der Waals surface area contributed by atoms with Gasteiger partial charge in [-0.3, -0.25) is 9.69 Å². The van der Waals surface area contributed by atoms with Crippen molar-refractivity contribution in [1.82, 2.24) is 9.80 Å². The summed E-state index contributed by atoms with van der Waals surface area (Å²) in [7, 11) is 0. The molecule has 0 saturated carbocycles. The summed E-state index contributed by atoms with van der Waals surface area (Å²) in [5.74, 6) is 1.95. The van der Waals surface area contributed by atoms with E-state index < -0.39 is 0 Å². The van der Waals surface area contributed by atoms with Gasteiger partial charge in [0.05, 0.1) is 12.4 Å². The zero-order chi connectivity index (χ0) is 13.4. The fourth-order valence-electron chi connectivity index (χ4n) is 2.23. The molecule has 1 unspecified atom stereocenters. The summed E-state index contributed by atoms with van der Waals surface area (Å²) in [6.07, 6.45) is 2.09. The first kappa shape index (κ1) is 15.8. The van der Waals surface area contributed by atoms with Gasteiger partial charge in [-0.15, -0.1) is 0 Å². The SMILES string of the molecule is CCCSCC(=O)N1CCN(C(CC)CO)CC1. The van der Waals surface area contributed by atoms with E-state index >= 15 is 0 Å². The number of rotatable bonds is 7. The molecular weight excluding hydrogens is 248 g/mol. The van der Waals surface area contributed by atoms with E-state index in [2.05, 4.69) is 18.7 Å². The van der Waals surface area contributed by atoms with Crippen molar-refractivity contribution in [3.8, 4) is 0 Å². The third-order valence-electron chi connectivity index (χ3n) is 3.44. The lowest BCUT2D eigenvalue weighted by atomic mass is 10.1. The molecule has 1 saturated heterocycles. The molecule has 1 rings (SSSR count). The quantitative estimate of drug-likeness (QED) is 0.705. The van der Waals surface area contributed by atoms with E-state index in [0.717, 1.165) is 44.8 Å². The lowest BCUT2D eigenvalue weighted by Crippen LogP contribution is -2.53. The number of piperazine rings is 1. The number of aliphatic hydroxyl groups excluding tert-OH is 1. The zero-order valence-corrected chi connectivity index (χ0v) is 12.4. The molecule has 1 heterocycles. The molecule has 1 N–H and O–H groups in total. The smallest absolute Gasteiger partial charge is 0.232 e. The largest absolute Gasteiger partial charge is 0.395 e. The Kier molecular flexibility index (Phi) is 7.70. The maximum Gasteiger partial charge on any atom is 0.232 e. The monoisotopic (exact) mass is 274 g/mol. The van der Waals surface area contributed by atoms with Crippen LogP contribution in [0, 0.1) is 0 Å². The third-order valence-corrected chi connectivity index (χ3v) is 4.59. The Morgan fingerprint density at radius 1 is 1.28 bits per heavy atom. The minimum atomic E-state index is 0.219. The summed E-state index contributed by atoms with van der Waals surface area (Å²) < 4.78 is 0. The number of hydrogen-bond donors (Lipinski definition) is 1. The molecule has 0 aromatic carbocycles. The lowest BCUT2D eigenvalue weighted by Gasteiger charge is -2.38. The standard InChI is InChI=1S/C13H26N2O2S/c1-3-9-18-11-13(17)15-7-5-14(6-8-15)12(4-2)10-16/h12,16H,3-11H2,1-2H3. The van der Waals surface area contributed by atoms with Gasteiger partial charge in [0.25, 0.3) is 0 Å². The van der Waals surface area contributed by atoms with E-state index in [4.69, 9.17) is 0 Å². The predicted molar refractivity (Wildman–Crippen MR) is 76.9 cm³/mol. The van der Waals surface area contributed by atoms with E-state index in [-0.39, 0.29) is 18.6 Å². The molecule has 0 radical (unpaired) electrons. The fourth-order valence-corrected chi connectivity index (χ4v) is 3.02. The van der Waals surface area contributed by atoms with Crippen LogP contribution in [0.5, 0.6) is 0 Å². The highest BCUT2D eigenvalue weighted by Crippen LogP contribution is 2.11. The molecule has 4 nitrogen and oxygen atoms in total. The Labute approximate surface area is 115 Å². The Morgan fingerprint density at radius 3 is 2.44 bits per heavy atom. The number of nitrogens with zero attached hydrogens (tertiary/aromatic N) is 2. The second-order valence-electron chi connectivity index (χ2n) is 4.71. The normalized spacial score (nSPS) is 18.9. The van der Waals surface area contributed by atoms with Gasteiger partial charge in [-0.05, 0) is 18.6 Å².